The van der Waals surface area contributed by atoms with Crippen molar-refractivity contribution in [3.8, 4) is 5.75 Å². The Hall–Kier alpha value is -2.48. The Morgan fingerprint density at radius 3 is 2.52 bits per heavy atom. The summed E-state index contributed by atoms with van der Waals surface area (Å²) in [7, 11) is -2.23. The Bertz CT molecular complexity index is 1030. The number of sulfonamides is 1. The molecule has 1 heterocycles. The Balaban J connectivity index is 1.75. The van der Waals surface area contributed by atoms with Gasteiger partial charge in [0.05, 0.1) is 18.2 Å². The van der Waals surface area contributed by atoms with E-state index in [0.717, 1.165) is 16.7 Å². The van der Waals surface area contributed by atoms with Gasteiger partial charge < -0.3 is 9.84 Å². The first kappa shape index (κ1) is 19.3. The van der Waals surface area contributed by atoms with E-state index in [2.05, 4.69) is 9.71 Å². The monoisotopic (exact) mass is 386 g/mol. The molecular weight excluding hydrogens is 364 g/mol. The smallest absolute Gasteiger partial charge is 0.242 e. The molecule has 0 aliphatic heterocycles. The molecule has 0 amide bonds. The number of hydrogen-bond acceptors (Lipinski definition) is 5. The van der Waals surface area contributed by atoms with Gasteiger partial charge in [-0.3, -0.25) is 4.98 Å². The van der Waals surface area contributed by atoms with Crippen molar-refractivity contribution >= 4 is 20.9 Å². The van der Waals surface area contributed by atoms with E-state index in [1.165, 1.54) is 6.07 Å². The Morgan fingerprint density at radius 2 is 1.81 bits per heavy atom. The summed E-state index contributed by atoms with van der Waals surface area (Å²) < 4.78 is 33.1. The second kappa shape index (κ2) is 7.64. The summed E-state index contributed by atoms with van der Waals surface area (Å²) in [5.74, 6) is 0.725. The zero-order valence-electron chi connectivity index (χ0n) is 15.2. The minimum atomic E-state index is -3.82. The molecule has 2 N–H and O–H groups in total. The van der Waals surface area contributed by atoms with Gasteiger partial charge in [-0.15, -0.1) is 0 Å². The van der Waals surface area contributed by atoms with Crippen molar-refractivity contribution in [2.75, 3.05) is 13.7 Å². The van der Waals surface area contributed by atoms with E-state index in [1.54, 1.807) is 56.6 Å². The summed E-state index contributed by atoms with van der Waals surface area (Å²) >= 11 is 0. The minimum Gasteiger partial charge on any atom is -0.497 e. The van der Waals surface area contributed by atoms with Crippen molar-refractivity contribution in [3.63, 3.8) is 0 Å². The van der Waals surface area contributed by atoms with Gasteiger partial charge in [-0.05, 0) is 36.8 Å². The molecule has 0 aliphatic rings. The number of nitrogens with zero attached hydrogens (tertiary/aromatic N) is 1. The predicted octanol–water partition coefficient (Wildman–Crippen LogP) is 2.52. The van der Waals surface area contributed by atoms with E-state index < -0.39 is 15.6 Å². The van der Waals surface area contributed by atoms with E-state index >= 15 is 0 Å². The molecule has 0 radical (unpaired) electrons. The third-order valence-corrected chi connectivity index (χ3v) is 5.71. The molecule has 3 rings (SSSR count). The molecule has 27 heavy (non-hydrogen) atoms. The van der Waals surface area contributed by atoms with Crippen LogP contribution in [0.2, 0.25) is 0 Å². The predicted molar refractivity (Wildman–Crippen MR) is 104 cm³/mol. The third kappa shape index (κ3) is 4.63. The van der Waals surface area contributed by atoms with Crippen LogP contribution < -0.4 is 9.46 Å². The molecule has 3 aromatic rings. The van der Waals surface area contributed by atoms with Crippen LogP contribution in [0.5, 0.6) is 5.75 Å². The van der Waals surface area contributed by atoms with Gasteiger partial charge in [-0.1, -0.05) is 30.3 Å². The first-order chi connectivity index (χ1) is 12.8. The summed E-state index contributed by atoms with van der Waals surface area (Å²) in [6, 6.07) is 15.8. The van der Waals surface area contributed by atoms with Crippen molar-refractivity contribution in [1.82, 2.24) is 9.71 Å². The van der Waals surface area contributed by atoms with Crippen molar-refractivity contribution in [3.05, 3.63) is 66.4 Å². The lowest BCUT2D eigenvalue weighted by atomic mass is 9.97. The quantitative estimate of drug-likeness (QED) is 0.651. The zero-order chi connectivity index (χ0) is 19.5. The highest BCUT2D eigenvalue weighted by atomic mass is 32.2. The average Bonchev–Trinajstić information content (AvgIpc) is 2.66. The highest BCUT2D eigenvalue weighted by molar-refractivity contribution is 7.89. The summed E-state index contributed by atoms with van der Waals surface area (Å²) in [5, 5.41) is 11.4. The lowest BCUT2D eigenvalue weighted by molar-refractivity contribution is 0.0657. The summed E-state index contributed by atoms with van der Waals surface area (Å²) in [6.07, 6.45) is 1.86. The maximum absolute atomic E-state index is 12.8. The van der Waals surface area contributed by atoms with Crippen LogP contribution in [0.15, 0.2) is 65.7 Å². The molecule has 1 unspecified atom stereocenters. The van der Waals surface area contributed by atoms with Gasteiger partial charge in [0.2, 0.25) is 10.0 Å². The second-order valence-corrected chi connectivity index (χ2v) is 8.41. The van der Waals surface area contributed by atoms with Gasteiger partial charge in [0.25, 0.3) is 0 Å². The van der Waals surface area contributed by atoms with Crippen LogP contribution in [0.4, 0.5) is 0 Å². The molecule has 0 spiro atoms. The number of hydrogen-bond donors (Lipinski definition) is 2. The van der Waals surface area contributed by atoms with Gasteiger partial charge in [0, 0.05) is 24.5 Å². The van der Waals surface area contributed by atoms with Crippen LogP contribution in [0.1, 0.15) is 12.5 Å². The fraction of sp³-hybridized carbons (Fsp3) is 0.250. The topological polar surface area (TPSA) is 88.5 Å². The summed E-state index contributed by atoms with van der Waals surface area (Å²) in [5.41, 5.74) is 0.0359. The van der Waals surface area contributed by atoms with Gasteiger partial charge in [0.15, 0.2) is 0 Å². The number of aromatic nitrogens is 1. The number of aliphatic hydroxyl groups is 1. The number of benzene rings is 2. The van der Waals surface area contributed by atoms with Gasteiger partial charge in [0.1, 0.15) is 10.6 Å². The van der Waals surface area contributed by atoms with Crippen molar-refractivity contribution < 1.29 is 18.3 Å². The molecule has 0 fully saturated rings. The molecular formula is C20H22N2O4S. The number of para-hydroxylation sites is 1. The number of fused-ring (bicyclic) bond motifs is 1. The fourth-order valence-electron chi connectivity index (χ4n) is 2.87. The van der Waals surface area contributed by atoms with E-state index in [-0.39, 0.29) is 11.4 Å². The molecule has 1 aromatic heterocycles. The van der Waals surface area contributed by atoms with Crippen molar-refractivity contribution in [2.45, 2.75) is 23.8 Å². The number of ether oxygens (including phenoxy) is 1. The van der Waals surface area contributed by atoms with Gasteiger partial charge in [-0.25, -0.2) is 13.1 Å². The maximum Gasteiger partial charge on any atom is 0.242 e. The molecule has 0 saturated heterocycles. The van der Waals surface area contributed by atoms with Crippen LogP contribution in [-0.2, 0) is 16.4 Å². The zero-order valence-corrected chi connectivity index (χ0v) is 16.0. The van der Waals surface area contributed by atoms with E-state index in [4.69, 9.17) is 4.74 Å². The molecule has 0 saturated carbocycles. The van der Waals surface area contributed by atoms with Crippen molar-refractivity contribution in [2.24, 2.45) is 0 Å². The Morgan fingerprint density at radius 1 is 1.11 bits per heavy atom. The largest absolute Gasteiger partial charge is 0.497 e. The number of methoxy groups -OCH3 is 1. The normalized spacial score (nSPS) is 14.0. The van der Waals surface area contributed by atoms with Crippen LogP contribution in [-0.4, -0.2) is 37.8 Å². The van der Waals surface area contributed by atoms with E-state index in [1.807, 2.05) is 12.1 Å². The van der Waals surface area contributed by atoms with Crippen LogP contribution in [0.3, 0.4) is 0 Å². The highest BCUT2D eigenvalue weighted by Gasteiger charge is 2.26. The standard InChI is InChI=1S/C20H22N2O4S/c1-20(23,13-15-8-10-17(26-2)11-9-15)14-22-27(24,25)18-7-3-5-16-6-4-12-21-19(16)18/h3-12,22-23H,13-14H2,1-2H3. The van der Waals surface area contributed by atoms with E-state index in [0.29, 0.717) is 11.9 Å². The fourth-order valence-corrected chi connectivity index (χ4v) is 4.21. The SMILES string of the molecule is COc1ccc(CC(C)(O)CNS(=O)(=O)c2cccc3cccnc23)cc1. The van der Waals surface area contributed by atoms with Crippen LogP contribution in [0, 0.1) is 0 Å². The van der Waals surface area contributed by atoms with Crippen LogP contribution in [0.25, 0.3) is 10.9 Å². The maximum atomic E-state index is 12.8. The first-order valence-electron chi connectivity index (χ1n) is 8.49. The molecule has 142 valence electrons. The van der Waals surface area contributed by atoms with Gasteiger partial charge >= 0.3 is 0 Å². The molecule has 0 aliphatic carbocycles. The second-order valence-electron chi connectivity index (χ2n) is 6.68. The van der Waals surface area contributed by atoms with Crippen molar-refractivity contribution in [1.29, 1.82) is 0 Å². The summed E-state index contributed by atoms with van der Waals surface area (Å²) in [4.78, 5) is 4.28. The number of rotatable bonds is 7. The Labute approximate surface area is 158 Å². The number of nitrogens with one attached hydrogen (secondary N) is 1. The lowest BCUT2D eigenvalue weighted by Gasteiger charge is -2.24. The minimum absolute atomic E-state index is 0.0980. The first-order valence-corrected chi connectivity index (χ1v) is 9.98. The summed E-state index contributed by atoms with van der Waals surface area (Å²) in [6.45, 7) is 1.48. The van der Waals surface area contributed by atoms with E-state index in [9.17, 15) is 13.5 Å². The molecule has 2 aromatic carbocycles. The molecule has 6 nitrogen and oxygen atoms in total. The van der Waals surface area contributed by atoms with Gasteiger partial charge in [-0.2, -0.15) is 0 Å². The Kier molecular flexibility index (Phi) is 5.46. The average molecular weight is 386 g/mol. The molecule has 0 bridgehead atoms. The third-order valence-electron chi connectivity index (χ3n) is 4.27. The molecule has 7 heteroatoms. The lowest BCUT2D eigenvalue weighted by Crippen LogP contribution is -2.42. The highest BCUT2D eigenvalue weighted by Crippen LogP contribution is 2.21. The number of pyridine rings is 1. The molecule has 1 atom stereocenters. The van der Waals surface area contributed by atoms with Crippen LogP contribution >= 0.6 is 0 Å².